The van der Waals surface area contributed by atoms with E-state index in [-0.39, 0.29) is 5.69 Å². The smallest absolute Gasteiger partial charge is 0.390 e. The Morgan fingerprint density at radius 2 is 1.95 bits per heavy atom. The molecule has 0 saturated heterocycles. The zero-order valence-electron chi connectivity index (χ0n) is 10.7. The maximum absolute atomic E-state index is 12.8. The van der Waals surface area contributed by atoms with E-state index in [1.807, 2.05) is 0 Å². The highest BCUT2D eigenvalue weighted by molar-refractivity contribution is 5.63. The van der Waals surface area contributed by atoms with Crippen LogP contribution in [0.3, 0.4) is 0 Å². The second kappa shape index (κ2) is 4.85. The standard InChI is InChI=1S/C14H10F3N3O/c15-14(16,17)9-4-5-12-19-13(10-3-1-2-6-18-10)11(8-21)20(12)7-9/h1-7,21H,8H2. The fourth-order valence-corrected chi connectivity index (χ4v) is 2.12. The predicted octanol–water partition coefficient (Wildman–Crippen LogP) is 2.91. The van der Waals surface area contributed by atoms with Crippen molar-refractivity contribution in [2.24, 2.45) is 0 Å². The number of imidazole rings is 1. The van der Waals surface area contributed by atoms with Gasteiger partial charge in [-0.1, -0.05) is 6.07 Å². The topological polar surface area (TPSA) is 50.4 Å². The average Bonchev–Trinajstić information content (AvgIpc) is 2.84. The van der Waals surface area contributed by atoms with Crippen LogP contribution in [-0.2, 0) is 12.8 Å². The molecule has 21 heavy (non-hydrogen) atoms. The molecule has 0 fully saturated rings. The Morgan fingerprint density at radius 3 is 2.57 bits per heavy atom. The van der Waals surface area contributed by atoms with E-state index in [1.165, 1.54) is 10.5 Å². The number of fused-ring (bicyclic) bond motifs is 1. The van der Waals surface area contributed by atoms with Crippen LogP contribution in [0.4, 0.5) is 13.2 Å². The van der Waals surface area contributed by atoms with Crippen LogP contribution in [0.15, 0.2) is 42.7 Å². The Balaban J connectivity index is 2.24. The summed E-state index contributed by atoms with van der Waals surface area (Å²) in [5, 5.41) is 9.49. The molecule has 3 aromatic rings. The highest BCUT2D eigenvalue weighted by atomic mass is 19.4. The molecule has 0 bridgehead atoms. The van der Waals surface area contributed by atoms with Crippen molar-refractivity contribution in [3.8, 4) is 11.4 Å². The second-order valence-corrected chi connectivity index (χ2v) is 4.42. The molecule has 0 atom stereocenters. The summed E-state index contributed by atoms with van der Waals surface area (Å²) in [7, 11) is 0. The van der Waals surface area contributed by atoms with Crippen LogP contribution in [0, 0.1) is 0 Å². The number of rotatable bonds is 2. The lowest BCUT2D eigenvalue weighted by Crippen LogP contribution is -2.07. The van der Waals surface area contributed by atoms with Gasteiger partial charge in [-0.25, -0.2) is 4.98 Å². The summed E-state index contributed by atoms with van der Waals surface area (Å²) >= 11 is 0. The van der Waals surface area contributed by atoms with Gasteiger partial charge < -0.3 is 9.51 Å². The molecule has 4 nitrogen and oxygen atoms in total. The Bertz CT molecular complexity index is 781. The SMILES string of the molecule is OCc1c(-c2ccccn2)nc2ccc(C(F)(F)F)cn12. The van der Waals surface area contributed by atoms with Crippen LogP contribution in [0.25, 0.3) is 17.0 Å². The number of nitrogens with zero attached hydrogens (tertiary/aromatic N) is 3. The molecule has 108 valence electrons. The van der Waals surface area contributed by atoms with Crippen LogP contribution >= 0.6 is 0 Å². The third kappa shape index (κ3) is 2.36. The molecule has 3 aromatic heterocycles. The van der Waals surface area contributed by atoms with E-state index in [2.05, 4.69) is 9.97 Å². The van der Waals surface area contributed by atoms with Gasteiger partial charge in [-0.15, -0.1) is 0 Å². The van der Waals surface area contributed by atoms with Crippen LogP contribution in [0.1, 0.15) is 11.3 Å². The number of alkyl halides is 3. The largest absolute Gasteiger partial charge is 0.417 e. The summed E-state index contributed by atoms with van der Waals surface area (Å²) in [6, 6.07) is 7.39. The van der Waals surface area contributed by atoms with Crippen molar-refractivity contribution in [2.45, 2.75) is 12.8 Å². The third-order valence-electron chi connectivity index (χ3n) is 3.10. The molecule has 3 heterocycles. The van der Waals surface area contributed by atoms with Gasteiger partial charge in [0.25, 0.3) is 0 Å². The maximum atomic E-state index is 12.8. The summed E-state index contributed by atoms with van der Waals surface area (Å²) < 4.78 is 39.6. The quantitative estimate of drug-likeness (QED) is 0.790. The molecule has 0 aliphatic heterocycles. The van der Waals surface area contributed by atoms with E-state index in [4.69, 9.17) is 0 Å². The Hall–Kier alpha value is -2.41. The van der Waals surface area contributed by atoms with Gasteiger partial charge in [0.1, 0.15) is 11.3 Å². The molecule has 3 rings (SSSR count). The van der Waals surface area contributed by atoms with Crippen molar-refractivity contribution in [1.29, 1.82) is 0 Å². The zero-order chi connectivity index (χ0) is 15.0. The van der Waals surface area contributed by atoms with Gasteiger partial charge >= 0.3 is 6.18 Å². The first kappa shape index (κ1) is 13.6. The van der Waals surface area contributed by atoms with E-state index in [9.17, 15) is 18.3 Å². The van der Waals surface area contributed by atoms with E-state index < -0.39 is 18.3 Å². The van der Waals surface area contributed by atoms with E-state index in [0.29, 0.717) is 17.0 Å². The van der Waals surface area contributed by atoms with Gasteiger partial charge in [-0.05, 0) is 24.3 Å². The highest BCUT2D eigenvalue weighted by Crippen LogP contribution is 2.31. The highest BCUT2D eigenvalue weighted by Gasteiger charge is 2.31. The molecule has 0 aliphatic rings. The van der Waals surface area contributed by atoms with Gasteiger partial charge in [-0.2, -0.15) is 13.2 Å². The summed E-state index contributed by atoms with van der Waals surface area (Å²) in [5.74, 6) is 0. The molecule has 0 aromatic carbocycles. The lowest BCUT2D eigenvalue weighted by atomic mass is 10.2. The fraction of sp³-hybridized carbons (Fsp3) is 0.143. The van der Waals surface area contributed by atoms with Gasteiger partial charge in [0.15, 0.2) is 0 Å². The van der Waals surface area contributed by atoms with Crippen molar-refractivity contribution < 1.29 is 18.3 Å². The average molecular weight is 293 g/mol. The lowest BCUT2D eigenvalue weighted by Gasteiger charge is -2.07. The molecule has 0 spiro atoms. The minimum atomic E-state index is -4.45. The van der Waals surface area contributed by atoms with Crippen LogP contribution in [0.2, 0.25) is 0 Å². The normalized spacial score (nSPS) is 12.0. The number of halogens is 3. The fourth-order valence-electron chi connectivity index (χ4n) is 2.12. The number of hydrogen-bond donors (Lipinski definition) is 1. The van der Waals surface area contributed by atoms with Crippen LogP contribution in [0.5, 0.6) is 0 Å². The molecule has 0 aliphatic carbocycles. The number of aliphatic hydroxyl groups is 1. The monoisotopic (exact) mass is 293 g/mol. The maximum Gasteiger partial charge on any atom is 0.417 e. The van der Waals surface area contributed by atoms with Crippen molar-refractivity contribution in [3.63, 3.8) is 0 Å². The summed E-state index contributed by atoms with van der Waals surface area (Å²) in [4.78, 5) is 8.36. The van der Waals surface area contributed by atoms with E-state index >= 15 is 0 Å². The zero-order valence-corrected chi connectivity index (χ0v) is 10.7. The Kier molecular flexibility index (Phi) is 3.13. The van der Waals surface area contributed by atoms with Crippen molar-refractivity contribution in [2.75, 3.05) is 0 Å². The van der Waals surface area contributed by atoms with E-state index in [1.54, 1.807) is 24.4 Å². The molecular weight excluding hydrogens is 283 g/mol. The number of aromatic nitrogens is 3. The van der Waals surface area contributed by atoms with E-state index in [0.717, 1.165) is 12.3 Å². The first-order valence-corrected chi connectivity index (χ1v) is 6.11. The van der Waals surface area contributed by atoms with Gasteiger partial charge in [0, 0.05) is 12.4 Å². The first-order chi connectivity index (χ1) is 10.0. The molecular formula is C14H10F3N3O. The van der Waals surface area contributed by atoms with Crippen LogP contribution < -0.4 is 0 Å². The summed E-state index contributed by atoms with van der Waals surface area (Å²) in [6.07, 6.45) is -1.96. The first-order valence-electron chi connectivity index (χ1n) is 6.11. The van der Waals surface area contributed by atoms with Gasteiger partial charge in [0.2, 0.25) is 0 Å². The molecule has 0 unspecified atom stereocenters. The molecule has 0 amide bonds. The number of pyridine rings is 2. The molecule has 0 radical (unpaired) electrons. The van der Waals surface area contributed by atoms with Crippen molar-refractivity contribution in [3.05, 3.63) is 54.0 Å². The molecule has 0 saturated carbocycles. The third-order valence-corrected chi connectivity index (χ3v) is 3.10. The second-order valence-electron chi connectivity index (χ2n) is 4.42. The molecule has 7 heteroatoms. The Morgan fingerprint density at radius 1 is 1.14 bits per heavy atom. The number of hydrogen-bond acceptors (Lipinski definition) is 3. The molecule has 1 N–H and O–H groups in total. The minimum Gasteiger partial charge on any atom is -0.390 e. The van der Waals surface area contributed by atoms with Crippen molar-refractivity contribution in [1.82, 2.24) is 14.4 Å². The van der Waals surface area contributed by atoms with Crippen molar-refractivity contribution >= 4 is 5.65 Å². The Labute approximate surface area is 117 Å². The van der Waals surface area contributed by atoms with Crippen LogP contribution in [-0.4, -0.2) is 19.5 Å². The number of aliphatic hydroxyl groups excluding tert-OH is 1. The predicted molar refractivity (Wildman–Crippen MR) is 69.3 cm³/mol. The minimum absolute atomic E-state index is 0.273. The van der Waals surface area contributed by atoms with Gasteiger partial charge in [0.05, 0.1) is 23.6 Å². The lowest BCUT2D eigenvalue weighted by molar-refractivity contribution is -0.137. The summed E-state index contributed by atoms with van der Waals surface area (Å²) in [5.41, 5.74) is 0.674. The summed E-state index contributed by atoms with van der Waals surface area (Å²) in [6.45, 7) is -0.436. The van der Waals surface area contributed by atoms with Gasteiger partial charge in [-0.3, -0.25) is 4.98 Å².